The molecule has 0 spiro atoms. The van der Waals surface area contributed by atoms with Gasteiger partial charge >= 0.3 is 0 Å². The van der Waals surface area contributed by atoms with Gasteiger partial charge in [0.2, 0.25) is 0 Å². The van der Waals surface area contributed by atoms with Gasteiger partial charge in [-0.15, -0.1) is 0 Å². The Morgan fingerprint density at radius 2 is 2.05 bits per heavy atom. The summed E-state index contributed by atoms with van der Waals surface area (Å²) in [6.07, 6.45) is 5.10. The van der Waals surface area contributed by atoms with E-state index in [1.165, 1.54) is 25.0 Å². The molecule has 1 aliphatic carbocycles. The van der Waals surface area contributed by atoms with Crippen LogP contribution in [0.2, 0.25) is 0 Å². The van der Waals surface area contributed by atoms with Gasteiger partial charge < -0.3 is 5.73 Å². The van der Waals surface area contributed by atoms with Crippen molar-refractivity contribution in [3.63, 3.8) is 0 Å². The number of hydrogen-bond donors (Lipinski definition) is 1. The molecule has 2 unspecified atom stereocenters. The maximum absolute atomic E-state index is 13.7. The second kappa shape index (κ2) is 5.58. The SMILES string of the molecule is CC1(C)CCCCC1C(N)Cc1cc(F)ccc1F. The van der Waals surface area contributed by atoms with Crippen molar-refractivity contribution in [2.45, 2.75) is 52.0 Å². The van der Waals surface area contributed by atoms with Gasteiger partial charge in [0.15, 0.2) is 0 Å². The van der Waals surface area contributed by atoms with Crippen LogP contribution in [0.4, 0.5) is 8.78 Å². The van der Waals surface area contributed by atoms with E-state index in [1.54, 1.807) is 0 Å². The predicted octanol–water partition coefficient (Wildman–Crippen LogP) is 4.05. The Morgan fingerprint density at radius 1 is 1.32 bits per heavy atom. The third kappa shape index (κ3) is 3.33. The first kappa shape index (κ1) is 14.4. The average molecular weight is 267 g/mol. The molecule has 1 aromatic rings. The second-order valence-corrected chi connectivity index (χ2v) is 6.44. The van der Waals surface area contributed by atoms with E-state index >= 15 is 0 Å². The van der Waals surface area contributed by atoms with Crippen molar-refractivity contribution in [3.05, 3.63) is 35.4 Å². The van der Waals surface area contributed by atoms with Gasteiger partial charge in [-0.05, 0) is 54.4 Å². The summed E-state index contributed by atoms with van der Waals surface area (Å²) in [6, 6.07) is 3.50. The van der Waals surface area contributed by atoms with E-state index in [0.717, 1.165) is 18.9 Å². The largest absolute Gasteiger partial charge is 0.327 e. The molecule has 0 bridgehead atoms. The van der Waals surface area contributed by atoms with E-state index in [-0.39, 0.29) is 17.3 Å². The highest BCUT2D eigenvalue weighted by atomic mass is 19.1. The summed E-state index contributed by atoms with van der Waals surface area (Å²) in [5.41, 5.74) is 6.88. The lowest BCUT2D eigenvalue weighted by atomic mass is 9.65. The minimum atomic E-state index is -0.397. The molecular weight excluding hydrogens is 244 g/mol. The highest BCUT2D eigenvalue weighted by Crippen LogP contribution is 2.42. The van der Waals surface area contributed by atoms with Crippen LogP contribution in [0.3, 0.4) is 0 Å². The Morgan fingerprint density at radius 3 is 2.74 bits per heavy atom. The maximum Gasteiger partial charge on any atom is 0.126 e. The van der Waals surface area contributed by atoms with Gasteiger partial charge in [-0.2, -0.15) is 0 Å². The first-order valence-corrected chi connectivity index (χ1v) is 7.09. The summed E-state index contributed by atoms with van der Waals surface area (Å²) in [5.74, 6) is -0.374. The quantitative estimate of drug-likeness (QED) is 0.878. The van der Waals surface area contributed by atoms with Crippen LogP contribution in [0, 0.1) is 23.0 Å². The molecule has 0 radical (unpaired) electrons. The normalized spacial score (nSPS) is 24.2. The average Bonchev–Trinajstić information content (AvgIpc) is 2.33. The number of halogens is 2. The fourth-order valence-corrected chi connectivity index (χ4v) is 3.41. The number of nitrogens with two attached hydrogens (primary N) is 1. The van der Waals surface area contributed by atoms with Crippen LogP contribution < -0.4 is 5.73 Å². The molecule has 1 nitrogen and oxygen atoms in total. The summed E-state index contributed by atoms with van der Waals surface area (Å²) >= 11 is 0. The Bertz CT molecular complexity index is 442. The number of benzene rings is 1. The van der Waals surface area contributed by atoms with Gasteiger partial charge in [0.05, 0.1) is 0 Å². The van der Waals surface area contributed by atoms with Gasteiger partial charge in [0.1, 0.15) is 11.6 Å². The molecule has 0 saturated heterocycles. The summed E-state index contributed by atoms with van der Waals surface area (Å²) in [5, 5.41) is 0. The van der Waals surface area contributed by atoms with Crippen LogP contribution in [-0.2, 0) is 6.42 Å². The van der Waals surface area contributed by atoms with E-state index < -0.39 is 5.82 Å². The standard InChI is InChI=1S/C16H23F2N/c1-16(2)8-4-3-5-13(16)15(19)10-11-9-12(17)6-7-14(11)18/h6-7,9,13,15H,3-5,8,10,19H2,1-2H3. The fraction of sp³-hybridized carbons (Fsp3) is 0.625. The summed E-state index contributed by atoms with van der Waals surface area (Å²) in [6.45, 7) is 4.47. The molecule has 0 aliphatic heterocycles. The van der Waals surface area contributed by atoms with Crippen molar-refractivity contribution in [1.82, 2.24) is 0 Å². The molecule has 1 saturated carbocycles. The monoisotopic (exact) mass is 267 g/mol. The van der Waals surface area contributed by atoms with E-state index in [2.05, 4.69) is 13.8 Å². The maximum atomic E-state index is 13.7. The van der Waals surface area contributed by atoms with Crippen LogP contribution in [-0.4, -0.2) is 6.04 Å². The number of rotatable bonds is 3. The van der Waals surface area contributed by atoms with Crippen molar-refractivity contribution < 1.29 is 8.78 Å². The highest BCUT2D eigenvalue weighted by molar-refractivity contribution is 5.20. The molecule has 2 N–H and O–H groups in total. The zero-order valence-corrected chi connectivity index (χ0v) is 11.8. The first-order chi connectivity index (χ1) is 8.90. The van der Waals surface area contributed by atoms with Gasteiger partial charge in [-0.3, -0.25) is 0 Å². The fourth-order valence-electron chi connectivity index (χ4n) is 3.41. The lowest BCUT2D eigenvalue weighted by molar-refractivity contribution is 0.112. The molecule has 3 heteroatoms. The van der Waals surface area contributed by atoms with Crippen molar-refractivity contribution >= 4 is 0 Å². The third-order valence-electron chi connectivity index (χ3n) is 4.57. The molecule has 0 amide bonds. The van der Waals surface area contributed by atoms with Crippen molar-refractivity contribution in [3.8, 4) is 0 Å². The Labute approximate surface area is 114 Å². The van der Waals surface area contributed by atoms with Crippen LogP contribution in [0.25, 0.3) is 0 Å². The lowest BCUT2D eigenvalue weighted by Crippen LogP contribution is -2.43. The van der Waals surface area contributed by atoms with E-state index in [1.807, 2.05) is 0 Å². The van der Waals surface area contributed by atoms with Crippen molar-refractivity contribution in [1.29, 1.82) is 0 Å². The molecule has 2 atom stereocenters. The van der Waals surface area contributed by atoms with E-state index in [0.29, 0.717) is 17.9 Å². The van der Waals surface area contributed by atoms with Gasteiger partial charge in [0.25, 0.3) is 0 Å². The van der Waals surface area contributed by atoms with Crippen LogP contribution in [0.5, 0.6) is 0 Å². The molecule has 2 rings (SSSR count). The topological polar surface area (TPSA) is 26.0 Å². The molecule has 0 aromatic heterocycles. The Hall–Kier alpha value is -0.960. The van der Waals surface area contributed by atoms with Crippen molar-refractivity contribution in [2.75, 3.05) is 0 Å². The molecule has 1 aliphatic rings. The molecular formula is C16H23F2N. The molecule has 106 valence electrons. The molecule has 0 heterocycles. The zero-order valence-electron chi connectivity index (χ0n) is 11.8. The molecule has 1 fully saturated rings. The minimum Gasteiger partial charge on any atom is -0.327 e. The van der Waals surface area contributed by atoms with Crippen molar-refractivity contribution in [2.24, 2.45) is 17.1 Å². The minimum absolute atomic E-state index is 0.105. The Balaban J connectivity index is 2.11. The zero-order chi connectivity index (χ0) is 14.0. The predicted molar refractivity (Wildman–Crippen MR) is 73.8 cm³/mol. The molecule has 1 aromatic carbocycles. The third-order valence-corrected chi connectivity index (χ3v) is 4.57. The summed E-state index contributed by atoms with van der Waals surface area (Å²) in [7, 11) is 0. The van der Waals surface area contributed by atoms with Crippen LogP contribution >= 0.6 is 0 Å². The van der Waals surface area contributed by atoms with Crippen LogP contribution in [0.15, 0.2) is 18.2 Å². The summed E-state index contributed by atoms with van der Waals surface area (Å²) < 4.78 is 26.9. The Kier molecular flexibility index (Phi) is 4.24. The van der Waals surface area contributed by atoms with Gasteiger partial charge in [-0.1, -0.05) is 26.7 Å². The smallest absolute Gasteiger partial charge is 0.126 e. The van der Waals surface area contributed by atoms with E-state index in [9.17, 15) is 8.78 Å². The second-order valence-electron chi connectivity index (χ2n) is 6.44. The first-order valence-electron chi connectivity index (χ1n) is 7.09. The number of hydrogen-bond acceptors (Lipinski definition) is 1. The van der Waals surface area contributed by atoms with E-state index in [4.69, 9.17) is 5.73 Å². The summed E-state index contributed by atoms with van der Waals surface area (Å²) in [4.78, 5) is 0. The highest BCUT2D eigenvalue weighted by Gasteiger charge is 2.36. The lowest BCUT2D eigenvalue weighted by Gasteiger charge is -2.42. The molecule has 19 heavy (non-hydrogen) atoms. The van der Waals surface area contributed by atoms with Gasteiger partial charge in [-0.25, -0.2) is 8.78 Å². The van der Waals surface area contributed by atoms with Crippen LogP contribution in [0.1, 0.15) is 45.1 Å². The van der Waals surface area contributed by atoms with Gasteiger partial charge in [0, 0.05) is 6.04 Å².